The second kappa shape index (κ2) is 3.36. The summed E-state index contributed by atoms with van der Waals surface area (Å²) in [6.45, 7) is 0.250. The second-order valence-electron chi connectivity index (χ2n) is 3.37. The Morgan fingerprint density at radius 3 is 2.93 bits per heavy atom. The Morgan fingerprint density at radius 2 is 2.43 bits per heavy atom. The number of hydrogen-bond donors (Lipinski definition) is 1. The highest BCUT2D eigenvalue weighted by molar-refractivity contribution is 7.91. The van der Waals surface area contributed by atoms with Gasteiger partial charge in [0.05, 0.1) is 18.5 Å². The summed E-state index contributed by atoms with van der Waals surface area (Å²) < 4.78 is 28.3. The minimum Gasteiger partial charge on any atom is -0.443 e. The van der Waals surface area contributed by atoms with Gasteiger partial charge in [-0.25, -0.2) is 13.4 Å². The lowest BCUT2D eigenvalue weighted by atomic mass is 10.2. The average molecular weight is 216 g/mol. The lowest BCUT2D eigenvalue weighted by Crippen LogP contribution is -2.08. The molecule has 1 unspecified atom stereocenters. The van der Waals surface area contributed by atoms with Crippen molar-refractivity contribution < 1.29 is 12.8 Å². The monoisotopic (exact) mass is 216 g/mol. The fourth-order valence-corrected chi connectivity index (χ4v) is 3.43. The maximum Gasteiger partial charge on any atom is 0.212 e. The average Bonchev–Trinajstić information content (AvgIpc) is 2.70. The molecule has 0 aliphatic carbocycles. The molecule has 2 heterocycles. The SMILES string of the molecule is NCc1cnc(C2CCCS2(=O)=O)o1. The van der Waals surface area contributed by atoms with E-state index in [1.165, 1.54) is 6.20 Å². The largest absolute Gasteiger partial charge is 0.443 e. The molecule has 0 amide bonds. The van der Waals surface area contributed by atoms with Gasteiger partial charge >= 0.3 is 0 Å². The van der Waals surface area contributed by atoms with Crippen LogP contribution in [0, 0.1) is 0 Å². The van der Waals surface area contributed by atoms with Gasteiger partial charge in [0.1, 0.15) is 11.0 Å². The van der Waals surface area contributed by atoms with E-state index in [9.17, 15) is 8.42 Å². The number of nitrogens with zero attached hydrogens (tertiary/aromatic N) is 1. The molecule has 6 heteroatoms. The van der Waals surface area contributed by atoms with Crippen molar-refractivity contribution in [1.82, 2.24) is 4.98 Å². The molecule has 1 aliphatic rings. The van der Waals surface area contributed by atoms with Crippen LogP contribution in [0.5, 0.6) is 0 Å². The van der Waals surface area contributed by atoms with Crippen LogP contribution in [0.25, 0.3) is 0 Å². The Kier molecular flexibility index (Phi) is 2.32. The van der Waals surface area contributed by atoms with Gasteiger partial charge in [-0.05, 0) is 12.8 Å². The minimum atomic E-state index is -3.03. The summed E-state index contributed by atoms with van der Waals surface area (Å²) in [6, 6.07) is 0. The van der Waals surface area contributed by atoms with Crippen LogP contribution >= 0.6 is 0 Å². The van der Waals surface area contributed by atoms with Crippen molar-refractivity contribution in [2.45, 2.75) is 24.6 Å². The molecule has 78 valence electrons. The molecule has 2 N–H and O–H groups in total. The van der Waals surface area contributed by atoms with E-state index in [0.717, 1.165) is 0 Å². The van der Waals surface area contributed by atoms with Gasteiger partial charge in [-0.3, -0.25) is 0 Å². The van der Waals surface area contributed by atoms with Crippen LogP contribution in [0.3, 0.4) is 0 Å². The molecule has 0 aromatic carbocycles. The van der Waals surface area contributed by atoms with Gasteiger partial charge in [-0.15, -0.1) is 0 Å². The van der Waals surface area contributed by atoms with Crippen LogP contribution in [-0.2, 0) is 16.4 Å². The predicted octanol–water partition coefficient (Wildman–Crippen LogP) is 0.383. The van der Waals surface area contributed by atoms with Gasteiger partial charge in [-0.2, -0.15) is 0 Å². The van der Waals surface area contributed by atoms with Crippen LogP contribution in [0.15, 0.2) is 10.6 Å². The summed E-state index contributed by atoms with van der Waals surface area (Å²) in [4.78, 5) is 3.94. The van der Waals surface area contributed by atoms with E-state index >= 15 is 0 Å². The van der Waals surface area contributed by atoms with E-state index in [0.29, 0.717) is 24.5 Å². The smallest absolute Gasteiger partial charge is 0.212 e. The van der Waals surface area contributed by atoms with Crippen molar-refractivity contribution >= 4 is 9.84 Å². The van der Waals surface area contributed by atoms with E-state index in [1.54, 1.807) is 0 Å². The zero-order valence-electron chi connectivity index (χ0n) is 7.64. The number of oxazole rings is 1. The van der Waals surface area contributed by atoms with Gasteiger partial charge in [0, 0.05) is 0 Å². The highest BCUT2D eigenvalue weighted by atomic mass is 32.2. The third-order valence-electron chi connectivity index (χ3n) is 2.38. The molecule has 1 aromatic heterocycles. The minimum absolute atomic E-state index is 0.234. The van der Waals surface area contributed by atoms with Crippen LogP contribution in [0.4, 0.5) is 0 Å². The maximum absolute atomic E-state index is 11.5. The number of nitrogens with two attached hydrogens (primary N) is 1. The molecule has 1 fully saturated rings. The normalized spacial score (nSPS) is 25.4. The topological polar surface area (TPSA) is 86.2 Å². The molecule has 1 atom stereocenters. The number of rotatable bonds is 2. The number of sulfone groups is 1. The van der Waals surface area contributed by atoms with Crippen molar-refractivity contribution in [3.8, 4) is 0 Å². The quantitative estimate of drug-likeness (QED) is 0.772. The van der Waals surface area contributed by atoms with Crippen LogP contribution < -0.4 is 5.73 Å². The molecule has 14 heavy (non-hydrogen) atoms. The van der Waals surface area contributed by atoms with Gasteiger partial charge in [0.2, 0.25) is 5.89 Å². The Hall–Kier alpha value is -0.880. The van der Waals surface area contributed by atoms with Gasteiger partial charge in [0.15, 0.2) is 9.84 Å². The molecule has 1 saturated heterocycles. The van der Waals surface area contributed by atoms with E-state index in [1.807, 2.05) is 0 Å². The Bertz CT molecular complexity index is 424. The van der Waals surface area contributed by atoms with Gasteiger partial charge in [-0.1, -0.05) is 0 Å². The molecular weight excluding hydrogens is 204 g/mol. The van der Waals surface area contributed by atoms with Gasteiger partial charge < -0.3 is 10.2 Å². The van der Waals surface area contributed by atoms with Crippen molar-refractivity contribution in [2.75, 3.05) is 5.75 Å². The fourth-order valence-electron chi connectivity index (χ4n) is 1.63. The third kappa shape index (κ3) is 1.55. The Labute approximate surface area is 82.2 Å². The first-order chi connectivity index (χ1) is 6.63. The van der Waals surface area contributed by atoms with Crippen molar-refractivity contribution in [3.63, 3.8) is 0 Å². The number of aromatic nitrogens is 1. The van der Waals surface area contributed by atoms with E-state index < -0.39 is 15.1 Å². The fraction of sp³-hybridized carbons (Fsp3) is 0.625. The second-order valence-corrected chi connectivity index (χ2v) is 5.67. The molecule has 1 aliphatic heterocycles. The van der Waals surface area contributed by atoms with Crippen molar-refractivity contribution in [3.05, 3.63) is 17.8 Å². The van der Waals surface area contributed by atoms with E-state index in [2.05, 4.69) is 4.98 Å². The summed E-state index contributed by atoms with van der Waals surface area (Å²) in [5, 5.41) is -0.553. The zero-order valence-corrected chi connectivity index (χ0v) is 8.46. The summed E-state index contributed by atoms with van der Waals surface area (Å²) in [7, 11) is -3.03. The first kappa shape index (κ1) is 9.67. The molecule has 1 aromatic rings. The third-order valence-corrected chi connectivity index (χ3v) is 4.54. The first-order valence-corrected chi connectivity index (χ1v) is 6.21. The standard InChI is InChI=1S/C8H12N2O3S/c9-4-6-5-10-8(13-6)7-2-1-3-14(7,11)12/h5,7H,1-4,9H2. The Morgan fingerprint density at radius 1 is 1.64 bits per heavy atom. The van der Waals surface area contributed by atoms with Crippen LogP contribution in [-0.4, -0.2) is 19.2 Å². The van der Waals surface area contributed by atoms with Gasteiger partial charge in [0.25, 0.3) is 0 Å². The molecule has 2 rings (SSSR count). The molecule has 0 bridgehead atoms. The highest BCUT2D eigenvalue weighted by Gasteiger charge is 2.36. The number of hydrogen-bond acceptors (Lipinski definition) is 5. The Balaban J connectivity index is 2.31. The van der Waals surface area contributed by atoms with E-state index in [-0.39, 0.29) is 12.3 Å². The molecular formula is C8H12N2O3S. The highest BCUT2D eigenvalue weighted by Crippen LogP contribution is 2.33. The molecule has 0 spiro atoms. The van der Waals surface area contributed by atoms with Crippen molar-refractivity contribution in [1.29, 1.82) is 0 Å². The van der Waals surface area contributed by atoms with E-state index in [4.69, 9.17) is 10.2 Å². The van der Waals surface area contributed by atoms with Crippen LogP contribution in [0.1, 0.15) is 29.7 Å². The maximum atomic E-state index is 11.5. The summed E-state index contributed by atoms with van der Waals surface area (Å²) in [6.07, 6.45) is 2.78. The molecule has 0 radical (unpaired) electrons. The predicted molar refractivity (Wildman–Crippen MR) is 50.2 cm³/mol. The lowest BCUT2D eigenvalue weighted by molar-refractivity contribution is 0.444. The molecule has 5 nitrogen and oxygen atoms in total. The summed E-state index contributed by atoms with van der Waals surface area (Å²) in [5.74, 6) is 1.06. The summed E-state index contributed by atoms with van der Waals surface area (Å²) >= 11 is 0. The molecule has 0 saturated carbocycles. The lowest BCUT2D eigenvalue weighted by Gasteiger charge is -2.02. The summed E-state index contributed by atoms with van der Waals surface area (Å²) in [5.41, 5.74) is 5.35. The van der Waals surface area contributed by atoms with Crippen LogP contribution in [0.2, 0.25) is 0 Å². The zero-order chi connectivity index (χ0) is 10.2. The first-order valence-electron chi connectivity index (χ1n) is 4.50. The van der Waals surface area contributed by atoms with Crippen molar-refractivity contribution in [2.24, 2.45) is 5.73 Å².